The Morgan fingerprint density at radius 1 is 1.29 bits per heavy atom. The van der Waals surface area contributed by atoms with Crippen molar-refractivity contribution in [2.45, 2.75) is 38.8 Å². The van der Waals surface area contributed by atoms with Crippen molar-refractivity contribution in [3.8, 4) is 0 Å². The second-order valence-corrected chi connectivity index (χ2v) is 7.88. The average molecular weight is 411 g/mol. The summed E-state index contributed by atoms with van der Waals surface area (Å²) in [5.74, 6) is -0.838. The minimum Gasteiger partial charge on any atom is -0.451 e. The molecule has 1 aliphatic rings. The number of nitrogens with one attached hydrogen (secondary N) is 1. The summed E-state index contributed by atoms with van der Waals surface area (Å²) < 4.78 is 43.9. The SMILES string of the molecule is CC[C@@H]1CCc2sc(C(=O)OCC(=O)Nc3ccccc3C(F)(F)F)cc2C1. The van der Waals surface area contributed by atoms with E-state index in [-0.39, 0.29) is 5.69 Å². The van der Waals surface area contributed by atoms with Crippen LogP contribution in [0.5, 0.6) is 0 Å². The summed E-state index contributed by atoms with van der Waals surface area (Å²) in [6.45, 7) is 1.50. The van der Waals surface area contributed by atoms with Gasteiger partial charge in [0.25, 0.3) is 5.91 Å². The molecule has 4 nitrogen and oxygen atoms in total. The first-order valence-electron chi connectivity index (χ1n) is 9.02. The van der Waals surface area contributed by atoms with Gasteiger partial charge >= 0.3 is 12.1 Å². The quantitative estimate of drug-likeness (QED) is 0.699. The number of rotatable bonds is 5. The number of ether oxygens (including phenoxy) is 1. The van der Waals surface area contributed by atoms with Crippen LogP contribution < -0.4 is 5.32 Å². The molecular weight excluding hydrogens is 391 g/mol. The van der Waals surface area contributed by atoms with Crippen molar-refractivity contribution in [2.24, 2.45) is 5.92 Å². The molecule has 1 amide bonds. The number of para-hydroxylation sites is 1. The maximum Gasteiger partial charge on any atom is 0.418 e. The molecule has 0 radical (unpaired) electrons. The lowest BCUT2D eigenvalue weighted by molar-refractivity contribution is -0.137. The zero-order valence-electron chi connectivity index (χ0n) is 15.3. The summed E-state index contributed by atoms with van der Waals surface area (Å²) in [5.41, 5.74) is -0.169. The van der Waals surface area contributed by atoms with Gasteiger partial charge < -0.3 is 10.1 Å². The summed E-state index contributed by atoms with van der Waals surface area (Å²) in [6.07, 6.45) is -0.536. The van der Waals surface area contributed by atoms with Crippen LogP contribution in [0.3, 0.4) is 0 Å². The summed E-state index contributed by atoms with van der Waals surface area (Å²) >= 11 is 1.36. The Hall–Kier alpha value is -2.35. The number of fused-ring (bicyclic) bond motifs is 1. The molecule has 1 aromatic carbocycles. The molecule has 28 heavy (non-hydrogen) atoms. The Labute approximate surface area is 164 Å². The normalized spacial score (nSPS) is 16.4. The van der Waals surface area contributed by atoms with Gasteiger partial charge in [0, 0.05) is 4.88 Å². The third kappa shape index (κ3) is 4.73. The Balaban J connectivity index is 1.59. The number of carbonyl (C=O) groups excluding carboxylic acids is 2. The lowest BCUT2D eigenvalue weighted by atomic mass is 9.87. The number of hydrogen-bond donors (Lipinski definition) is 1. The van der Waals surface area contributed by atoms with E-state index in [9.17, 15) is 22.8 Å². The van der Waals surface area contributed by atoms with E-state index >= 15 is 0 Å². The van der Waals surface area contributed by atoms with Crippen LogP contribution in [-0.2, 0) is 28.5 Å². The number of thiophene rings is 1. The highest BCUT2D eigenvalue weighted by Crippen LogP contribution is 2.35. The van der Waals surface area contributed by atoms with Crippen LogP contribution in [0.15, 0.2) is 30.3 Å². The first-order chi connectivity index (χ1) is 13.3. The van der Waals surface area contributed by atoms with Gasteiger partial charge in [-0.05, 0) is 48.9 Å². The van der Waals surface area contributed by atoms with E-state index in [4.69, 9.17) is 4.74 Å². The first-order valence-corrected chi connectivity index (χ1v) is 9.84. The van der Waals surface area contributed by atoms with Gasteiger partial charge in [-0.1, -0.05) is 25.5 Å². The van der Waals surface area contributed by atoms with Crippen LogP contribution in [0, 0.1) is 5.92 Å². The number of esters is 1. The monoisotopic (exact) mass is 411 g/mol. The second-order valence-electron chi connectivity index (χ2n) is 6.74. The second kappa shape index (κ2) is 8.34. The number of amides is 1. The summed E-state index contributed by atoms with van der Waals surface area (Å²) in [5, 5.41) is 2.15. The number of aryl methyl sites for hydroxylation is 1. The zero-order chi connectivity index (χ0) is 20.3. The Morgan fingerprint density at radius 3 is 2.75 bits per heavy atom. The van der Waals surface area contributed by atoms with Crippen molar-refractivity contribution in [1.29, 1.82) is 0 Å². The molecule has 1 heterocycles. The van der Waals surface area contributed by atoms with Crippen molar-refractivity contribution in [1.82, 2.24) is 0 Å². The molecule has 8 heteroatoms. The number of anilines is 1. The molecular formula is C20H20F3NO3S. The topological polar surface area (TPSA) is 55.4 Å². The van der Waals surface area contributed by atoms with Crippen LogP contribution in [-0.4, -0.2) is 18.5 Å². The van der Waals surface area contributed by atoms with Gasteiger partial charge in [-0.3, -0.25) is 4.79 Å². The van der Waals surface area contributed by atoms with Gasteiger partial charge in [0.1, 0.15) is 4.88 Å². The smallest absolute Gasteiger partial charge is 0.418 e. The van der Waals surface area contributed by atoms with Gasteiger partial charge in [0.15, 0.2) is 6.61 Å². The highest BCUT2D eigenvalue weighted by atomic mass is 32.1. The molecule has 0 fully saturated rings. The Kier molecular flexibility index (Phi) is 6.07. The number of alkyl halides is 3. The van der Waals surface area contributed by atoms with Crippen molar-refractivity contribution in [3.05, 3.63) is 51.2 Å². The minimum absolute atomic E-state index is 0.367. The molecule has 2 aromatic rings. The van der Waals surface area contributed by atoms with E-state index in [0.29, 0.717) is 10.8 Å². The maximum absolute atomic E-state index is 13.0. The lowest BCUT2D eigenvalue weighted by Crippen LogP contribution is -2.22. The van der Waals surface area contributed by atoms with Crippen molar-refractivity contribution in [2.75, 3.05) is 11.9 Å². The van der Waals surface area contributed by atoms with E-state index in [1.165, 1.54) is 28.3 Å². The molecule has 0 aliphatic heterocycles. The standard InChI is InChI=1S/C20H20F3NO3S/c1-2-12-7-8-16-13(9-12)10-17(28-16)19(26)27-11-18(25)24-15-6-4-3-5-14(15)20(21,22)23/h3-6,10,12H,2,7-9,11H2,1H3,(H,24,25)/t12-/m1/s1. The molecule has 1 N–H and O–H groups in total. The lowest BCUT2D eigenvalue weighted by Gasteiger charge is -2.19. The highest BCUT2D eigenvalue weighted by Gasteiger charge is 2.33. The summed E-state index contributed by atoms with van der Waals surface area (Å²) in [6, 6.07) is 6.46. The molecule has 0 spiro atoms. The predicted octanol–water partition coefficient (Wildman–Crippen LogP) is 5.08. The van der Waals surface area contributed by atoms with Gasteiger partial charge in [-0.2, -0.15) is 13.2 Å². The fourth-order valence-electron chi connectivity index (χ4n) is 3.28. The zero-order valence-corrected chi connectivity index (χ0v) is 16.1. The predicted molar refractivity (Wildman–Crippen MR) is 100 cm³/mol. The van der Waals surface area contributed by atoms with Crippen LogP contribution in [0.2, 0.25) is 0 Å². The molecule has 1 atom stereocenters. The average Bonchev–Trinajstić information content (AvgIpc) is 3.09. The van der Waals surface area contributed by atoms with E-state index in [1.807, 2.05) is 0 Å². The molecule has 0 bridgehead atoms. The van der Waals surface area contributed by atoms with E-state index in [0.717, 1.165) is 43.4 Å². The number of hydrogen-bond acceptors (Lipinski definition) is 4. The molecule has 0 saturated carbocycles. The first kappa shape index (κ1) is 20.4. The maximum atomic E-state index is 13.0. The highest BCUT2D eigenvalue weighted by molar-refractivity contribution is 7.14. The van der Waals surface area contributed by atoms with Gasteiger partial charge in [-0.25, -0.2) is 4.79 Å². The van der Waals surface area contributed by atoms with Crippen LogP contribution in [0.4, 0.5) is 18.9 Å². The van der Waals surface area contributed by atoms with E-state index < -0.39 is 30.2 Å². The number of carbonyl (C=O) groups is 2. The fourth-order valence-corrected chi connectivity index (χ4v) is 4.38. The molecule has 0 saturated heterocycles. The van der Waals surface area contributed by atoms with Gasteiger partial charge in [0.2, 0.25) is 0 Å². The Morgan fingerprint density at radius 2 is 2.04 bits per heavy atom. The third-order valence-electron chi connectivity index (χ3n) is 4.80. The van der Waals surface area contributed by atoms with Crippen LogP contribution in [0.1, 0.15) is 45.4 Å². The van der Waals surface area contributed by atoms with Crippen molar-refractivity contribution in [3.63, 3.8) is 0 Å². The molecule has 1 aromatic heterocycles. The number of benzene rings is 1. The molecule has 1 aliphatic carbocycles. The van der Waals surface area contributed by atoms with E-state index in [1.54, 1.807) is 6.07 Å². The van der Waals surface area contributed by atoms with Crippen molar-refractivity contribution >= 4 is 28.9 Å². The van der Waals surface area contributed by atoms with Crippen LogP contribution >= 0.6 is 11.3 Å². The summed E-state index contributed by atoms with van der Waals surface area (Å²) in [4.78, 5) is 25.8. The largest absolute Gasteiger partial charge is 0.451 e. The van der Waals surface area contributed by atoms with Gasteiger partial charge in [0.05, 0.1) is 11.3 Å². The molecule has 0 unspecified atom stereocenters. The third-order valence-corrected chi connectivity index (χ3v) is 6.02. The van der Waals surface area contributed by atoms with Gasteiger partial charge in [-0.15, -0.1) is 11.3 Å². The van der Waals surface area contributed by atoms with E-state index in [2.05, 4.69) is 12.2 Å². The fraction of sp³-hybridized carbons (Fsp3) is 0.400. The van der Waals surface area contributed by atoms with Crippen molar-refractivity contribution < 1.29 is 27.5 Å². The number of halogens is 3. The Bertz CT molecular complexity index is 876. The van der Waals surface area contributed by atoms with Crippen LogP contribution in [0.25, 0.3) is 0 Å². The summed E-state index contributed by atoms with van der Waals surface area (Å²) in [7, 11) is 0. The molecule has 3 rings (SSSR count). The molecule has 150 valence electrons. The minimum atomic E-state index is -4.59.